The molecule has 1 aliphatic carbocycles. The molecule has 1 aliphatic heterocycles. The van der Waals surface area contributed by atoms with Gasteiger partial charge in [-0.2, -0.15) is 0 Å². The molecule has 2 aliphatic rings. The van der Waals surface area contributed by atoms with E-state index in [0.29, 0.717) is 17.8 Å². The van der Waals surface area contributed by atoms with Crippen LogP contribution in [0.5, 0.6) is 5.75 Å². The Balaban J connectivity index is 1.85. The van der Waals surface area contributed by atoms with Crippen LogP contribution in [0.25, 0.3) is 0 Å². The molecule has 5 heteroatoms. The number of piperidine rings is 1. The first-order chi connectivity index (χ1) is 9.63. The van der Waals surface area contributed by atoms with E-state index in [1.807, 2.05) is 19.1 Å². The van der Waals surface area contributed by atoms with Gasteiger partial charge in [-0.25, -0.2) is 0 Å². The summed E-state index contributed by atoms with van der Waals surface area (Å²) in [5, 5.41) is 11.0. The average molecular weight is 276 g/mol. The molecule has 2 fully saturated rings. The largest absolute Gasteiger partial charge is 0.487 e. The summed E-state index contributed by atoms with van der Waals surface area (Å²) in [5.41, 5.74) is 1.63. The fourth-order valence-corrected chi connectivity index (χ4v) is 3.13. The van der Waals surface area contributed by atoms with E-state index >= 15 is 0 Å². The second kappa shape index (κ2) is 4.96. The van der Waals surface area contributed by atoms with Crippen LogP contribution in [0.4, 0.5) is 11.4 Å². The summed E-state index contributed by atoms with van der Waals surface area (Å²) in [6.07, 6.45) is 5.19. The molecular weight excluding hydrogens is 256 g/mol. The van der Waals surface area contributed by atoms with Gasteiger partial charge >= 0.3 is 5.69 Å². The van der Waals surface area contributed by atoms with Crippen molar-refractivity contribution in [3.05, 3.63) is 28.3 Å². The molecule has 0 bridgehead atoms. The van der Waals surface area contributed by atoms with E-state index in [0.717, 1.165) is 18.8 Å². The fourth-order valence-electron chi connectivity index (χ4n) is 3.13. The minimum absolute atomic E-state index is 0.0498. The fraction of sp³-hybridized carbons (Fsp3) is 0.600. The molecule has 0 radical (unpaired) electrons. The van der Waals surface area contributed by atoms with Gasteiger partial charge in [-0.05, 0) is 44.1 Å². The van der Waals surface area contributed by atoms with Crippen LogP contribution in [0, 0.1) is 15.5 Å². The molecule has 0 aromatic heterocycles. The van der Waals surface area contributed by atoms with Crippen molar-refractivity contribution in [1.82, 2.24) is 0 Å². The third kappa shape index (κ3) is 2.44. The molecular formula is C15H20N2O3. The smallest absolute Gasteiger partial charge is 0.311 e. The Morgan fingerprint density at radius 1 is 1.40 bits per heavy atom. The lowest BCUT2D eigenvalue weighted by molar-refractivity contribution is -0.385. The number of hydrogen-bond acceptors (Lipinski definition) is 4. The SMILES string of the molecule is CCOc1cc(N2CCCC3(CC3)C2)ccc1[N+](=O)[O-]. The Morgan fingerprint density at radius 3 is 2.85 bits per heavy atom. The molecule has 0 N–H and O–H groups in total. The van der Waals surface area contributed by atoms with Crippen molar-refractivity contribution in [2.75, 3.05) is 24.6 Å². The number of nitrogens with zero attached hydrogens (tertiary/aromatic N) is 2. The minimum Gasteiger partial charge on any atom is -0.487 e. The number of anilines is 1. The predicted molar refractivity (Wildman–Crippen MR) is 77.4 cm³/mol. The van der Waals surface area contributed by atoms with Crippen molar-refractivity contribution in [2.24, 2.45) is 5.41 Å². The van der Waals surface area contributed by atoms with Crippen molar-refractivity contribution in [2.45, 2.75) is 32.6 Å². The standard InChI is InChI=1S/C15H20N2O3/c1-2-20-14-10-12(4-5-13(14)17(18)19)16-9-3-6-15(11-16)7-8-15/h4-5,10H,2-3,6-9,11H2,1H3. The maximum absolute atomic E-state index is 11.0. The molecule has 1 saturated heterocycles. The number of nitro groups is 1. The van der Waals surface area contributed by atoms with Crippen molar-refractivity contribution < 1.29 is 9.66 Å². The van der Waals surface area contributed by atoms with E-state index in [-0.39, 0.29) is 10.6 Å². The normalized spacial score (nSPS) is 19.9. The van der Waals surface area contributed by atoms with E-state index in [4.69, 9.17) is 4.74 Å². The molecule has 1 saturated carbocycles. The van der Waals surface area contributed by atoms with Crippen LogP contribution in [-0.2, 0) is 0 Å². The Kier molecular flexibility index (Phi) is 3.28. The topological polar surface area (TPSA) is 55.6 Å². The molecule has 1 heterocycles. The van der Waals surface area contributed by atoms with Crippen molar-refractivity contribution in [1.29, 1.82) is 0 Å². The molecule has 5 nitrogen and oxygen atoms in total. The van der Waals surface area contributed by atoms with E-state index in [9.17, 15) is 10.1 Å². The lowest BCUT2D eigenvalue weighted by atomic mass is 9.94. The van der Waals surface area contributed by atoms with Crippen LogP contribution < -0.4 is 9.64 Å². The molecule has 0 atom stereocenters. The maximum Gasteiger partial charge on any atom is 0.311 e. The Labute approximate surface area is 118 Å². The van der Waals surface area contributed by atoms with Crippen molar-refractivity contribution in [3.8, 4) is 5.75 Å². The first-order valence-electron chi connectivity index (χ1n) is 7.30. The molecule has 1 spiro atoms. The Hall–Kier alpha value is -1.78. The molecule has 0 unspecified atom stereocenters. The zero-order chi connectivity index (χ0) is 14.2. The van der Waals surface area contributed by atoms with Gasteiger partial charge < -0.3 is 9.64 Å². The van der Waals surface area contributed by atoms with Gasteiger partial charge in [0.15, 0.2) is 5.75 Å². The van der Waals surface area contributed by atoms with Gasteiger partial charge in [-0.15, -0.1) is 0 Å². The van der Waals surface area contributed by atoms with Crippen LogP contribution >= 0.6 is 0 Å². The summed E-state index contributed by atoms with van der Waals surface area (Å²) >= 11 is 0. The van der Waals surface area contributed by atoms with Gasteiger partial charge in [0.1, 0.15) is 0 Å². The lowest BCUT2D eigenvalue weighted by Gasteiger charge is -2.34. The van der Waals surface area contributed by atoms with E-state index < -0.39 is 0 Å². The van der Waals surface area contributed by atoms with Crippen LogP contribution in [-0.4, -0.2) is 24.6 Å². The monoisotopic (exact) mass is 276 g/mol. The zero-order valence-electron chi connectivity index (χ0n) is 11.8. The van der Waals surface area contributed by atoms with E-state index in [1.54, 1.807) is 6.07 Å². The summed E-state index contributed by atoms with van der Waals surface area (Å²) in [6.45, 7) is 4.40. The third-order valence-corrected chi connectivity index (χ3v) is 4.42. The number of nitro benzene ring substituents is 1. The first-order valence-corrected chi connectivity index (χ1v) is 7.30. The average Bonchev–Trinajstić information content (AvgIpc) is 3.18. The second-order valence-electron chi connectivity index (χ2n) is 5.87. The van der Waals surface area contributed by atoms with E-state index in [2.05, 4.69) is 4.90 Å². The van der Waals surface area contributed by atoms with Gasteiger partial charge in [0.2, 0.25) is 0 Å². The second-order valence-corrected chi connectivity index (χ2v) is 5.87. The summed E-state index contributed by atoms with van der Waals surface area (Å²) in [4.78, 5) is 13.0. The van der Waals surface area contributed by atoms with E-state index in [1.165, 1.54) is 25.7 Å². The molecule has 108 valence electrons. The first kappa shape index (κ1) is 13.2. The minimum atomic E-state index is -0.382. The van der Waals surface area contributed by atoms with Gasteiger partial charge in [-0.3, -0.25) is 10.1 Å². The Morgan fingerprint density at radius 2 is 2.20 bits per heavy atom. The third-order valence-electron chi connectivity index (χ3n) is 4.42. The molecule has 3 rings (SSSR count). The van der Waals surface area contributed by atoms with Gasteiger partial charge in [-0.1, -0.05) is 0 Å². The number of benzene rings is 1. The number of hydrogen-bond donors (Lipinski definition) is 0. The molecule has 1 aromatic carbocycles. The van der Waals surface area contributed by atoms with Gasteiger partial charge in [0.25, 0.3) is 0 Å². The zero-order valence-corrected chi connectivity index (χ0v) is 11.8. The Bertz CT molecular complexity index is 526. The van der Waals surface area contributed by atoms with Crippen LogP contribution in [0.3, 0.4) is 0 Å². The summed E-state index contributed by atoms with van der Waals surface area (Å²) in [5.74, 6) is 0.380. The summed E-state index contributed by atoms with van der Waals surface area (Å²) < 4.78 is 5.43. The number of ether oxygens (including phenoxy) is 1. The number of rotatable bonds is 4. The van der Waals surface area contributed by atoms with Crippen LogP contribution in [0.2, 0.25) is 0 Å². The molecule has 1 aromatic rings. The van der Waals surface area contributed by atoms with Crippen LogP contribution in [0.15, 0.2) is 18.2 Å². The molecule has 20 heavy (non-hydrogen) atoms. The highest BCUT2D eigenvalue weighted by molar-refractivity contribution is 5.59. The van der Waals surface area contributed by atoms with Gasteiger partial charge in [0, 0.05) is 30.9 Å². The highest BCUT2D eigenvalue weighted by atomic mass is 16.6. The summed E-state index contributed by atoms with van der Waals surface area (Å²) in [7, 11) is 0. The quantitative estimate of drug-likeness (QED) is 0.625. The predicted octanol–water partition coefficient (Wildman–Crippen LogP) is 3.37. The lowest BCUT2D eigenvalue weighted by Crippen LogP contribution is -2.36. The van der Waals surface area contributed by atoms with Crippen molar-refractivity contribution in [3.63, 3.8) is 0 Å². The summed E-state index contributed by atoms with van der Waals surface area (Å²) in [6, 6.07) is 5.24. The highest BCUT2D eigenvalue weighted by Gasteiger charge is 2.45. The van der Waals surface area contributed by atoms with Crippen LogP contribution in [0.1, 0.15) is 32.6 Å². The van der Waals surface area contributed by atoms with Gasteiger partial charge in [0.05, 0.1) is 11.5 Å². The highest BCUT2D eigenvalue weighted by Crippen LogP contribution is 2.52. The maximum atomic E-state index is 11.0. The van der Waals surface area contributed by atoms with Crippen molar-refractivity contribution >= 4 is 11.4 Å². The molecule has 0 amide bonds.